The lowest BCUT2D eigenvalue weighted by molar-refractivity contribution is -0.169. The van der Waals surface area contributed by atoms with Gasteiger partial charge in [0.25, 0.3) is 5.91 Å². The molecule has 5 N–H and O–H groups in total. The highest BCUT2D eigenvalue weighted by atomic mass is 19.4. The van der Waals surface area contributed by atoms with E-state index in [9.17, 15) is 22.8 Å². The van der Waals surface area contributed by atoms with Crippen LogP contribution in [0, 0.1) is 5.41 Å². The molecule has 39 heavy (non-hydrogen) atoms. The summed E-state index contributed by atoms with van der Waals surface area (Å²) < 4.78 is 46.7. The molecule has 3 rings (SSSR count). The van der Waals surface area contributed by atoms with Crippen molar-refractivity contribution in [3.63, 3.8) is 0 Å². The van der Waals surface area contributed by atoms with Gasteiger partial charge in [-0.15, -0.1) is 5.11 Å². The maximum atomic E-state index is 13.8. The fourth-order valence-electron chi connectivity index (χ4n) is 4.03. The minimum atomic E-state index is -5.06. The first kappa shape index (κ1) is 29.9. The summed E-state index contributed by atoms with van der Waals surface area (Å²) >= 11 is 0. The highest BCUT2D eigenvalue weighted by molar-refractivity contribution is 6.59. The number of nitrogen functional groups attached to an aromatic ring is 1. The summed E-state index contributed by atoms with van der Waals surface area (Å²) in [7, 11) is 16.1. The van der Waals surface area contributed by atoms with E-state index in [0.29, 0.717) is 17.7 Å². The van der Waals surface area contributed by atoms with Crippen molar-refractivity contribution in [1.29, 1.82) is 0 Å². The highest BCUT2D eigenvalue weighted by Crippen LogP contribution is 2.45. The molecular formula is C24H26B3F3N6O3. The average molecular weight is 536 g/mol. The van der Waals surface area contributed by atoms with Gasteiger partial charge in [-0.05, 0) is 24.3 Å². The number of aromatic nitrogens is 3. The van der Waals surface area contributed by atoms with Crippen LogP contribution < -0.4 is 16.8 Å². The van der Waals surface area contributed by atoms with Gasteiger partial charge in [-0.1, -0.05) is 50.2 Å². The summed E-state index contributed by atoms with van der Waals surface area (Å²) in [6, 6.07) is 4.89. The van der Waals surface area contributed by atoms with Crippen molar-refractivity contribution < 1.29 is 27.3 Å². The molecule has 1 aromatic carbocycles. The van der Waals surface area contributed by atoms with Crippen molar-refractivity contribution in [2.24, 2.45) is 11.1 Å². The number of benzene rings is 1. The molecule has 0 saturated carbocycles. The van der Waals surface area contributed by atoms with E-state index in [-0.39, 0.29) is 33.1 Å². The van der Waals surface area contributed by atoms with Crippen LogP contribution in [0.25, 0.3) is 11.3 Å². The third-order valence-corrected chi connectivity index (χ3v) is 5.82. The van der Waals surface area contributed by atoms with Gasteiger partial charge in [-0.3, -0.25) is 14.9 Å². The molecular weight excluding hydrogens is 510 g/mol. The second-order valence-corrected chi connectivity index (χ2v) is 10.6. The quantitative estimate of drug-likeness (QED) is 0.378. The lowest BCUT2D eigenvalue weighted by Gasteiger charge is -2.34. The minimum Gasteiger partial charge on any atom is -0.383 e. The largest absolute Gasteiger partial charge is 0.409 e. The van der Waals surface area contributed by atoms with Gasteiger partial charge in [0.1, 0.15) is 23.1 Å². The number of nitrogens with one attached hydrogen (secondary N) is 1. The van der Waals surface area contributed by atoms with E-state index >= 15 is 0 Å². The standard InChI is InChI=1S/C24H26B3F3N6O3/c1-11(20(38)33-15-9-14(35-39-15)10-22(2,3)4)12-5-7-13(8-6-12)17-16(19(32)37)18(31)36(34-17)21(23(25,26)27)24(28,29)30/h5-9,11,21H,10,31H2,1-4H3,(H2,32,37)(H,33,38). The van der Waals surface area contributed by atoms with Crippen LogP contribution in [0.15, 0.2) is 34.9 Å². The molecule has 2 aromatic heterocycles. The topological polar surface area (TPSA) is 142 Å². The van der Waals surface area contributed by atoms with Gasteiger partial charge in [0.05, 0.1) is 35.2 Å². The van der Waals surface area contributed by atoms with Crippen LogP contribution in [0.4, 0.5) is 24.9 Å². The lowest BCUT2D eigenvalue weighted by atomic mass is 9.39. The molecule has 200 valence electrons. The van der Waals surface area contributed by atoms with Crippen LogP contribution in [-0.2, 0) is 11.2 Å². The van der Waals surface area contributed by atoms with Crippen LogP contribution >= 0.6 is 0 Å². The van der Waals surface area contributed by atoms with Gasteiger partial charge in [0.15, 0.2) is 0 Å². The first-order valence-electron chi connectivity index (χ1n) is 11.8. The SMILES string of the molecule is [B]C([B])([B])C(n1nc(-c2ccc(C(C)C(=O)Nc3cc(CC(C)(C)C)no3)cc2)c(C(N)=O)c1N)C(F)(F)F. The van der Waals surface area contributed by atoms with Crippen LogP contribution in [0.5, 0.6) is 0 Å². The zero-order valence-electron chi connectivity index (χ0n) is 21.8. The number of halogens is 3. The van der Waals surface area contributed by atoms with E-state index in [4.69, 9.17) is 39.5 Å². The summed E-state index contributed by atoms with van der Waals surface area (Å²) in [5, 5.41) is 7.68. The maximum absolute atomic E-state index is 13.8. The number of nitrogens with zero attached hydrogens (tertiary/aromatic N) is 3. The van der Waals surface area contributed by atoms with Crippen molar-refractivity contribution in [2.45, 2.75) is 57.4 Å². The second kappa shape index (κ2) is 10.5. The third kappa shape index (κ3) is 6.87. The smallest absolute Gasteiger partial charge is 0.383 e. The number of carbonyl (C=O) groups is 2. The summed E-state index contributed by atoms with van der Waals surface area (Å²) in [4.78, 5) is 24.9. The Labute approximate surface area is 227 Å². The Bertz CT molecular complexity index is 1340. The van der Waals surface area contributed by atoms with Crippen molar-refractivity contribution in [3.8, 4) is 11.3 Å². The van der Waals surface area contributed by atoms with Crippen LogP contribution in [0.1, 0.15) is 61.3 Å². The molecule has 0 aliphatic heterocycles. The number of anilines is 2. The van der Waals surface area contributed by atoms with Gasteiger partial charge in [0, 0.05) is 11.6 Å². The molecule has 0 spiro atoms. The molecule has 9 nitrogen and oxygen atoms in total. The number of hydrogen-bond donors (Lipinski definition) is 3. The number of nitrogens with two attached hydrogens (primary N) is 2. The minimum absolute atomic E-state index is 0.0161. The number of alkyl halides is 3. The molecule has 3 aromatic rings. The van der Waals surface area contributed by atoms with Crippen LogP contribution in [-0.4, -0.2) is 56.5 Å². The molecule has 2 unspecified atom stereocenters. The number of hydrogen-bond acceptors (Lipinski definition) is 6. The Kier molecular flexibility index (Phi) is 8.05. The first-order valence-corrected chi connectivity index (χ1v) is 11.8. The second-order valence-electron chi connectivity index (χ2n) is 10.6. The Morgan fingerprint density at radius 3 is 2.21 bits per heavy atom. The summed E-state index contributed by atoms with van der Waals surface area (Å²) in [6.07, 6.45) is -4.41. The van der Waals surface area contributed by atoms with Gasteiger partial charge < -0.3 is 16.0 Å². The molecule has 2 amide bonds. The summed E-state index contributed by atoms with van der Waals surface area (Å²) in [5.41, 5.74) is 11.9. The Morgan fingerprint density at radius 1 is 1.13 bits per heavy atom. The maximum Gasteiger partial charge on any atom is 0.409 e. The van der Waals surface area contributed by atoms with Crippen molar-refractivity contribution in [2.75, 3.05) is 11.1 Å². The van der Waals surface area contributed by atoms with E-state index in [2.05, 4.69) is 15.6 Å². The number of carbonyl (C=O) groups excluding carboxylic acids is 2. The van der Waals surface area contributed by atoms with Gasteiger partial charge >= 0.3 is 6.18 Å². The van der Waals surface area contributed by atoms with E-state index < -0.39 is 40.5 Å². The molecule has 0 aliphatic rings. The number of amides is 2. The first-order chi connectivity index (χ1) is 17.8. The molecule has 0 bridgehead atoms. The fourth-order valence-corrected chi connectivity index (χ4v) is 4.03. The van der Waals surface area contributed by atoms with E-state index in [1.165, 1.54) is 12.1 Å². The van der Waals surface area contributed by atoms with E-state index in [1.807, 2.05) is 20.8 Å². The Balaban J connectivity index is 1.88. The van der Waals surface area contributed by atoms with E-state index in [0.717, 1.165) is 0 Å². The molecule has 2 heterocycles. The van der Waals surface area contributed by atoms with Crippen LogP contribution in [0.2, 0.25) is 5.11 Å². The van der Waals surface area contributed by atoms with Gasteiger partial charge in [-0.25, -0.2) is 4.68 Å². The summed E-state index contributed by atoms with van der Waals surface area (Å²) in [6.45, 7) is 7.80. The lowest BCUT2D eigenvalue weighted by Crippen LogP contribution is -2.40. The molecule has 0 aliphatic carbocycles. The molecule has 0 fully saturated rings. The van der Waals surface area contributed by atoms with Crippen molar-refractivity contribution >= 4 is 47.1 Å². The van der Waals surface area contributed by atoms with Crippen molar-refractivity contribution in [1.82, 2.24) is 14.9 Å². The highest BCUT2D eigenvalue weighted by Gasteiger charge is 2.49. The van der Waals surface area contributed by atoms with Gasteiger partial charge in [0.2, 0.25) is 11.8 Å². The molecule has 15 heteroatoms. The number of rotatable bonds is 8. The normalized spacial score (nSPS) is 14.1. The summed E-state index contributed by atoms with van der Waals surface area (Å²) in [5.74, 6) is -2.67. The van der Waals surface area contributed by atoms with Crippen molar-refractivity contribution in [3.05, 3.63) is 47.2 Å². The Hall–Kier alpha value is -3.64. The zero-order valence-corrected chi connectivity index (χ0v) is 21.8. The monoisotopic (exact) mass is 536 g/mol. The molecule has 0 saturated heterocycles. The van der Waals surface area contributed by atoms with E-state index in [1.54, 1.807) is 25.1 Å². The predicted molar refractivity (Wildman–Crippen MR) is 142 cm³/mol. The fraction of sp³-hybridized carbons (Fsp3) is 0.417. The van der Waals surface area contributed by atoms with Gasteiger partial charge in [-0.2, -0.15) is 18.3 Å². The average Bonchev–Trinajstić information content (AvgIpc) is 3.34. The van der Waals surface area contributed by atoms with Crippen LogP contribution in [0.3, 0.4) is 0 Å². The predicted octanol–water partition coefficient (Wildman–Crippen LogP) is 3.23. The Morgan fingerprint density at radius 2 is 1.72 bits per heavy atom. The molecule has 2 atom stereocenters. The number of primary amides is 1. The zero-order chi connectivity index (χ0) is 29.5. The third-order valence-electron chi connectivity index (χ3n) is 5.82. The molecule has 6 radical (unpaired) electrons.